The van der Waals surface area contributed by atoms with Crippen LogP contribution in [-0.2, 0) is 14.3 Å². The molecular weight excluding hydrogens is 280 g/mol. The summed E-state index contributed by atoms with van der Waals surface area (Å²) in [5.41, 5.74) is 3.24. The Morgan fingerprint density at radius 3 is 2.73 bits per heavy atom. The molecule has 1 saturated heterocycles. The lowest BCUT2D eigenvalue weighted by atomic mass is 10.1. The number of hydrogen-bond acceptors (Lipinski definition) is 3. The lowest BCUT2D eigenvalue weighted by molar-refractivity contribution is -0.130. The Kier molecular flexibility index (Phi) is 5.19. The number of nitrogens with one attached hydrogen (secondary N) is 1. The molecule has 5 nitrogen and oxygen atoms in total. The van der Waals surface area contributed by atoms with Gasteiger partial charge in [0.1, 0.15) is 6.61 Å². The summed E-state index contributed by atoms with van der Waals surface area (Å²) in [5, 5.41) is 2.86. The second-order valence-electron chi connectivity index (χ2n) is 6.11. The van der Waals surface area contributed by atoms with E-state index in [-0.39, 0.29) is 30.4 Å². The summed E-state index contributed by atoms with van der Waals surface area (Å²) in [5.74, 6) is -0.103. The van der Waals surface area contributed by atoms with Crippen LogP contribution in [0.2, 0.25) is 0 Å². The average Bonchev–Trinajstić information content (AvgIpc) is 2.48. The Labute approximate surface area is 131 Å². The van der Waals surface area contributed by atoms with Gasteiger partial charge in [0.2, 0.25) is 5.91 Å². The maximum absolute atomic E-state index is 12.1. The molecule has 0 bridgehead atoms. The minimum atomic E-state index is -0.179. The van der Waals surface area contributed by atoms with E-state index in [9.17, 15) is 9.59 Å². The third-order valence-corrected chi connectivity index (χ3v) is 3.96. The lowest BCUT2D eigenvalue weighted by Gasteiger charge is -2.33. The predicted molar refractivity (Wildman–Crippen MR) is 85.9 cm³/mol. The van der Waals surface area contributed by atoms with Gasteiger partial charge in [-0.15, -0.1) is 0 Å². The molecule has 22 heavy (non-hydrogen) atoms. The van der Waals surface area contributed by atoms with Crippen molar-refractivity contribution in [3.05, 3.63) is 29.3 Å². The third-order valence-electron chi connectivity index (χ3n) is 3.96. The van der Waals surface area contributed by atoms with Crippen LogP contribution >= 0.6 is 0 Å². The number of nitrogens with zero attached hydrogens (tertiary/aromatic N) is 1. The second-order valence-corrected chi connectivity index (χ2v) is 6.11. The summed E-state index contributed by atoms with van der Waals surface area (Å²) in [6, 6.07) is 5.99. The molecule has 5 heteroatoms. The first-order valence-corrected chi connectivity index (χ1v) is 7.65. The van der Waals surface area contributed by atoms with Crippen molar-refractivity contribution < 1.29 is 14.3 Å². The SMILES string of the molecule is Cc1ccc(N2CC(CNC(=O)C(C)C)OCC2=O)cc1C. The van der Waals surface area contributed by atoms with Gasteiger partial charge in [-0.05, 0) is 37.1 Å². The van der Waals surface area contributed by atoms with Gasteiger partial charge in [0.15, 0.2) is 0 Å². The molecule has 2 amide bonds. The van der Waals surface area contributed by atoms with Crippen LogP contribution in [0.25, 0.3) is 0 Å². The van der Waals surface area contributed by atoms with Crippen molar-refractivity contribution in [3.8, 4) is 0 Å². The number of amides is 2. The average molecular weight is 304 g/mol. The van der Waals surface area contributed by atoms with Crippen molar-refractivity contribution in [1.82, 2.24) is 5.32 Å². The first-order chi connectivity index (χ1) is 10.4. The number of ether oxygens (including phenoxy) is 1. The van der Waals surface area contributed by atoms with Gasteiger partial charge in [0, 0.05) is 18.2 Å². The third kappa shape index (κ3) is 3.85. The van der Waals surface area contributed by atoms with Gasteiger partial charge in [-0.25, -0.2) is 0 Å². The second kappa shape index (κ2) is 6.92. The van der Waals surface area contributed by atoms with E-state index < -0.39 is 0 Å². The number of carbonyl (C=O) groups excluding carboxylic acids is 2. The van der Waals surface area contributed by atoms with Crippen molar-refractivity contribution in [2.45, 2.75) is 33.8 Å². The van der Waals surface area contributed by atoms with Crippen molar-refractivity contribution in [2.75, 3.05) is 24.6 Å². The summed E-state index contributed by atoms with van der Waals surface area (Å²) >= 11 is 0. The fourth-order valence-electron chi connectivity index (χ4n) is 2.31. The summed E-state index contributed by atoms with van der Waals surface area (Å²) in [6.07, 6.45) is -0.179. The van der Waals surface area contributed by atoms with Crippen LogP contribution in [0.15, 0.2) is 18.2 Å². The minimum absolute atomic E-state index is 0.00164. The van der Waals surface area contributed by atoms with E-state index in [0.717, 1.165) is 11.3 Å². The van der Waals surface area contributed by atoms with Gasteiger partial charge in [0.25, 0.3) is 5.91 Å². The molecule has 0 aliphatic carbocycles. The van der Waals surface area contributed by atoms with E-state index >= 15 is 0 Å². The van der Waals surface area contributed by atoms with E-state index in [2.05, 4.69) is 5.32 Å². The zero-order chi connectivity index (χ0) is 16.3. The Balaban J connectivity index is 2.03. The molecular formula is C17H24N2O3. The quantitative estimate of drug-likeness (QED) is 0.923. The lowest BCUT2D eigenvalue weighted by Crippen LogP contribution is -2.51. The Morgan fingerprint density at radius 2 is 2.09 bits per heavy atom. The fourth-order valence-corrected chi connectivity index (χ4v) is 2.31. The standard InChI is InChI=1S/C17H24N2O3/c1-11(2)17(21)18-8-15-9-19(16(20)10-22-15)14-6-5-12(3)13(4)7-14/h5-7,11,15H,8-10H2,1-4H3,(H,18,21). The number of aryl methyl sites for hydroxylation is 2. The van der Waals surface area contributed by atoms with Gasteiger partial charge in [-0.2, -0.15) is 0 Å². The molecule has 1 aliphatic rings. The zero-order valence-corrected chi connectivity index (χ0v) is 13.7. The smallest absolute Gasteiger partial charge is 0.253 e. The molecule has 1 heterocycles. The van der Waals surface area contributed by atoms with Crippen LogP contribution in [0.1, 0.15) is 25.0 Å². The first-order valence-electron chi connectivity index (χ1n) is 7.65. The highest BCUT2D eigenvalue weighted by atomic mass is 16.5. The maximum Gasteiger partial charge on any atom is 0.253 e. The maximum atomic E-state index is 12.1. The van der Waals surface area contributed by atoms with E-state index in [1.165, 1.54) is 5.56 Å². The van der Waals surface area contributed by atoms with Crippen LogP contribution in [0.5, 0.6) is 0 Å². The Hall–Kier alpha value is -1.88. The highest BCUT2D eigenvalue weighted by Crippen LogP contribution is 2.21. The molecule has 1 aromatic rings. The summed E-state index contributed by atoms with van der Waals surface area (Å²) < 4.78 is 5.52. The topological polar surface area (TPSA) is 58.6 Å². The molecule has 1 N–H and O–H groups in total. The molecule has 0 saturated carbocycles. The molecule has 0 radical (unpaired) electrons. The molecule has 1 aliphatic heterocycles. The fraction of sp³-hybridized carbons (Fsp3) is 0.529. The largest absolute Gasteiger partial charge is 0.365 e. The molecule has 1 fully saturated rings. The summed E-state index contributed by atoms with van der Waals surface area (Å²) in [4.78, 5) is 25.5. The van der Waals surface area contributed by atoms with Gasteiger partial charge in [0.05, 0.1) is 12.6 Å². The number of hydrogen-bond donors (Lipinski definition) is 1. The first kappa shape index (κ1) is 16.5. The number of benzene rings is 1. The van der Waals surface area contributed by atoms with Gasteiger partial charge in [-0.3, -0.25) is 9.59 Å². The van der Waals surface area contributed by atoms with Crippen molar-refractivity contribution in [1.29, 1.82) is 0 Å². The van der Waals surface area contributed by atoms with Crippen molar-refractivity contribution in [2.24, 2.45) is 5.92 Å². The van der Waals surface area contributed by atoms with E-state index in [1.807, 2.05) is 45.9 Å². The number of morpholine rings is 1. The molecule has 1 atom stereocenters. The van der Waals surface area contributed by atoms with E-state index in [4.69, 9.17) is 4.74 Å². The van der Waals surface area contributed by atoms with Crippen LogP contribution in [0.3, 0.4) is 0 Å². The summed E-state index contributed by atoms with van der Waals surface area (Å²) in [6.45, 7) is 8.71. The van der Waals surface area contributed by atoms with E-state index in [0.29, 0.717) is 13.1 Å². The minimum Gasteiger partial charge on any atom is -0.365 e. The monoisotopic (exact) mass is 304 g/mol. The van der Waals surface area contributed by atoms with Crippen molar-refractivity contribution >= 4 is 17.5 Å². The highest BCUT2D eigenvalue weighted by Gasteiger charge is 2.28. The highest BCUT2D eigenvalue weighted by molar-refractivity contribution is 5.95. The van der Waals surface area contributed by atoms with Crippen LogP contribution < -0.4 is 10.2 Å². The molecule has 0 aromatic heterocycles. The molecule has 2 rings (SSSR count). The molecule has 120 valence electrons. The molecule has 1 unspecified atom stereocenters. The zero-order valence-electron chi connectivity index (χ0n) is 13.7. The van der Waals surface area contributed by atoms with Crippen LogP contribution in [0.4, 0.5) is 5.69 Å². The van der Waals surface area contributed by atoms with Gasteiger partial charge in [-0.1, -0.05) is 19.9 Å². The van der Waals surface area contributed by atoms with Gasteiger partial charge >= 0.3 is 0 Å². The van der Waals surface area contributed by atoms with Crippen molar-refractivity contribution in [3.63, 3.8) is 0 Å². The predicted octanol–water partition coefficient (Wildman–Crippen LogP) is 1.81. The molecule has 0 spiro atoms. The van der Waals surface area contributed by atoms with Gasteiger partial charge < -0.3 is 15.0 Å². The number of rotatable bonds is 4. The number of carbonyl (C=O) groups is 2. The normalized spacial score (nSPS) is 18.7. The van der Waals surface area contributed by atoms with Crippen LogP contribution in [0, 0.1) is 19.8 Å². The molecule has 1 aromatic carbocycles. The Morgan fingerprint density at radius 1 is 1.36 bits per heavy atom. The summed E-state index contributed by atoms with van der Waals surface area (Å²) in [7, 11) is 0. The van der Waals surface area contributed by atoms with E-state index in [1.54, 1.807) is 4.90 Å². The number of anilines is 1. The van der Waals surface area contributed by atoms with Crippen LogP contribution in [-0.4, -0.2) is 37.6 Å². The Bertz CT molecular complexity index is 569.